The number of amides is 1. The van der Waals surface area contributed by atoms with Crippen molar-refractivity contribution < 1.29 is 24.5 Å². The number of nitrogens with zero attached hydrogens (tertiary/aromatic N) is 4. The number of non-ortho nitro benzene ring substituents is 2. The molecule has 11 nitrogen and oxygen atoms in total. The van der Waals surface area contributed by atoms with Crippen LogP contribution in [0.15, 0.2) is 59.2 Å². The molecule has 2 aliphatic rings. The molecule has 1 fully saturated rings. The van der Waals surface area contributed by atoms with Gasteiger partial charge < -0.3 is 5.11 Å². The van der Waals surface area contributed by atoms with Gasteiger partial charge in [0.2, 0.25) is 5.91 Å². The molecular weight excluding hydrogens is 456 g/mol. The van der Waals surface area contributed by atoms with E-state index in [4.69, 9.17) is 5.11 Å². The molecule has 0 radical (unpaired) electrons. The highest BCUT2D eigenvalue weighted by atomic mass is 16.6. The van der Waals surface area contributed by atoms with E-state index in [1.165, 1.54) is 29.3 Å². The van der Waals surface area contributed by atoms with E-state index in [0.29, 0.717) is 29.7 Å². The number of hydrazone groups is 1. The fourth-order valence-corrected chi connectivity index (χ4v) is 4.62. The Balaban J connectivity index is 1.75. The Morgan fingerprint density at radius 2 is 1.74 bits per heavy atom. The van der Waals surface area contributed by atoms with E-state index in [9.17, 15) is 29.8 Å². The molecule has 2 aromatic carbocycles. The van der Waals surface area contributed by atoms with E-state index < -0.39 is 27.8 Å². The number of carboxylic acids is 1. The summed E-state index contributed by atoms with van der Waals surface area (Å²) in [6.45, 7) is 0. The fourth-order valence-electron chi connectivity index (χ4n) is 4.62. The predicted molar refractivity (Wildman–Crippen MR) is 125 cm³/mol. The molecule has 1 aliphatic carbocycles. The molecule has 11 heteroatoms. The lowest BCUT2D eigenvalue weighted by Gasteiger charge is -2.29. The Hall–Kier alpha value is -4.41. The Morgan fingerprint density at radius 1 is 1.06 bits per heavy atom. The maximum absolute atomic E-state index is 13.0. The molecule has 4 rings (SSSR count). The zero-order valence-corrected chi connectivity index (χ0v) is 18.6. The molecule has 0 spiro atoms. The zero-order chi connectivity index (χ0) is 25.1. The number of carbonyl (C=O) groups is 2. The molecule has 2 atom stereocenters. The molecule has 1 heterocycles. The van der Waals surface area contributed by atoms with E-state index in [1.807, 2.05) is 6.08 Å². The first-order valence-electron chi connectivity index (χ1n) is 11.1. The minimum absolute atomic E-state index is 0.0417. The topological polar surface area (TPSA) is 156 Å². The van der Waals surface area contributed by atoms with Crippen LogP contribution in [0.2, 0.25) is 0 Å². The second-order valence-electron chi connectivity index (χ2n) is 8.43. The van der Waals surface area contributed by atoms with Crippen LogP contribution in [-0.4, -0.2) is 37.6 Å². The van der Waals surface area contributed by atoms with Crippen LogP contribution >= 0.6 is 0 Å². The van der Waals surface area contributed by atoms with Crippen molar-refractivity contribution in [1.29, 1.82) is 0 Å². The molecule has 2 aromatic rings. The van der Waals surface area contributed by atoms with Gasteiger partial charge in [-0.05, 0) is 42.0 Å². The molecular formula is C24H22N4O7. The summed E-state index contributed by atoms with van der Waals surface area (Å²) < 4.78 is 0. The second kappa shape index (κ2) is 9.84. The summed E-state index contributed by atoms with van der Waals surface area (Å²) in [5, 5.41) is 37.4. The average Bonchev–Trinajstić information content (AvgIpc) is 3.23. The smallest absolute Gasteiger partial charge is 0.303 e. The highest BCUT2D eigenvalue weighted by Crippen LogP contribution is 2.45. The maximum atomic E-state index is 13.0. The Bertz CT molecular complexity index is 1270. The number of carboxylic acid groups (broad SMARTS) is 1. The van der Waals surface area contributed by atoms with Crippen LogP contribution in [0.4, 0.5) is 11.4 Å². The number of hydrogen-bond donors (Lipinski definition) is 1. The summed E-state index contributed by atoms with van der Waals surface area (Å²) in [4.78, 5) is 45.6. The quantitative estimate of drug-likeness (QED) is 0.454. The first-order valence-corrected chi connectivity index (χ1v) is 11.1. The SMILES string of the molecule is O=C(O)CCC(=O)N1N=C2/C(=C/c3cccc([N+](=O)[O-])c3)CCC[C@@H]2[C@@H]1c1cccc([N+](=O)[O-])c1. The molecule has 35 heavy (non-hydrogen) atoms. The molecule has 0 aromatic heterocycles. The number of hydrogen-bond acceptors (Lipinski definition) is 7. The molecule has 0 unspecified atom stereocenters. The van der Waals surface area contributed by atoms with Crippen molar-refractivity contribution in [2.75, 3.05) is 0 Å². The van der Waals surface area contributed by atoms with Gasteiger partial charge in [-0.15, -0.1) is 0 Å². The zero-order valence-electron chi connectivity index (χ0n) is 18.6. The second-order valence-corrected chi connectivity index (χ2v) is 8.43. The van der Waals surface area contributed by atoms with Crippen molar-refractivity contribution in [2.45, 2.75) is 38.1 Å². The summed E-state index contributed by atoms with van der Waals surface area (Å²) in [6.07, 6.45) is 3.30. The van der Waals surface area contributed by atoms with Crippen molar-refractivity contribution in [2.24, 2.45) is 11.0 Å². The van der Waals surface area contributed by atoms with E-state index in [0.717, 1.165) is 12.0 Å². The van der Waals surface area contributed by atoms with Crippen molar-refractivity contribution in [3.05, 3.63) is 85.5 Å². The van der Waals surface area contributed by atoms with Crippen LogP contribution in [0.3, 0.4) is 0 Å². The number of rotatable bonds is 7. The minimum atomic E-state index is -1.11. The van der Waals surface area contributed by atoms with Crippen LogP contribution in [-0.2, 0) is 9.59 Å². The predicted octanol–water partition coefficient (Wildman–Crippen LogP) is 4.49. The highest BCUT2D eigenvalue weighted by Gasteiger charge is 2.44. The van der Waals surface area contributed by atoms with Gasteiger partial charge in [0.05, 0.1) is 28.0 Å². The van der Waals surface area contributed by atoms with Crippen LogP contribution in [0.5, 0.6) is 0 Å². The normalized spacial score (nSPS) is 20.3. The summed E-state index contributed by atoms with van der Waals surface area (Å²) in [6, 6.07) is 11.6. The van der Waals surface area contributed by atoms with E-state index >= 15 is 0 Å². The fraction of sp³-hybridized carbons (Fsp3) is 0.292. The molecule has 180 valence electrons. The maximum Gasteiger partial charge on any atom is 0.303 e. The van der Waals surface area contributed by atoms with Crippen molar-refractivity contribution in [1.82, 2.24) is 5.01 Å². The first kappa shape index (κ1) is 23.7. The monoisotopic (exact) mass is 478 g/mol. The highest BCUT2D eigenvalue weighted by molar-refractivity contribution is 6.08. The van der Waals surface area contributed by atoms with Crippen LogP contribution < -0.4 is 0 Å². The Kier molecular flexibility index (Phi) is 6.67. The van der Waals surface area contributed by atoms with Gasteiger partial charge in [0, 0.05) is 36.6 Å². The summed E-state index contributed by atoms with van der Waals surface area (Å²) in [7, 11) is 0. The number of nitro groups is 2. The number of carbonyl (C=O) groups excluding carboxylic acids is 1. The first-order chi connectivity index (χ1) is 16.7. The largest absolute Gasteiger partial charge is 0.481 e. The molecule has 1 aliphatic heterocycles. The molecule has 0 saturated heterocycles. The summed E-state index contributed by atoms with van der Waals surface area (Å²) >= 11 is 0. The van der Waals surface area contributed by atoms with Gasteiger partial charge in [-0.3, -0.25) is 29.8 Å². The molecule has 0 bridgehead atoms. The van der Waals surface area contributed by atoms with Crippen molar-refractivity contribution in [3.63, 3.8) is 0 Å². The number of nitro benzene ring substituents is 2. The number of benzene rings is 2. The van der Waals surface area contributed by atoms with E-state index in [1.54, 1.807) is 24.3 Å². The van der Waals surface area contributed by atoms with E-state index in [-0.39, 0.29) is 30.1 Å². The van der Waals surface area contributed by atoms with Crippen molar-refractivity contribution >= 4 is 35.0 Å². The van der Waals surface area contributed by atoms with E-state index in [2.05, 4.69) is 5.10 Å². The van der Waals surface area contributed by atoms with Crippen LogP contribution in [0, 0.1) is 26.1 Å². The van der Waals surface area contributed by atoms with Gasteiger partial charge in [-0.25, -0.2) is 5.01 Å². The third kappa shape index (κ3) is 5.08. The van der Waals surface area contributed by atoms with Crippen molar-refractivity contribution in [3.8, 4) is 0 Å². The van der Waals surface area contributed by atoms with Gasteiger partial charge in [-0.2, -0.15) is 5.10 Å². The van der Waals surface area contributed by atoms with Gasteiger partial charge >= 0.3 is 5.97 Å². The lowest BCUT2D eigenvalue weighted by Crippen LogP contribution is -2.32. The number of fused-ring (bicyclic) bond motifs is 1. The standard InChI is InChI=1S/C24H22N4O7/c29-21(10-11-22(30)31)26-24(17-6-2-8-19(14-17)28(34)35)20-9-3-5-16(23(20)25-26)12-15-4-1-7-18(13-15)27(32)33/h1-2,4,6-8,12-14,20,24H,3,5,9-11H2,(H,30,31)/b16-12+/t20-,24-/m0/s1. The third-order valence-electron chi connectivity index (χ3n) is 6.15. The Morgan fingerprint density at radius 3 is 2.43 bits per heavy atom. The van der Waals surface area contributed by atoms with Crippen LogP contribution in [0.25, 0.3) is 6.08 Å². The average molecular weight is 478 g/mol. The van der Waals surface area contributed by atoms with Gasteiger partial charge in [0.25, 0.3) is 11.4 Å². The number of allylic oxidation sites excluding steroid dienone is 1. The lowest BCUT2D eigenvalue weighted by atomic mass is 9.77. The van der Waals surface area contributed by atoms with Gasteiger partial charge in [0.15, 0.2) is 0 Å². The molecule has 1 amide bonds. The van der Waals surface area contributed by atoms with Gasteiger partial charge in [-0.1, -0.05) is 24.3 Å². The lowest BCUT2D eigenvalue weighted by molar-refractivity contribution is -0.385. The Labute approximate surface area is 199 Å². The third-order valence-corrected chi connectivity index (χ3v) is 6.15. The summed E-state index contributed by atoms with van der Waals surface area (Å²) in [5.41, 5.74) is 2.48. The summed E-state index contributed by atoms with van der Waals surface area (Å²) in [5.74, 6) is -1.84. The van der Waals surface area contributed by atoms with Gasteiger partial charge in [0.1, 0.15) is 0 Å². The number of aliphatic carboxylic acids is 1. The minimum Gasteiger partial charge on any atom is -0.481 e. The molecule has 1 N–H and O–H groups in total. The molecule has 1 saturated carbocycles. The van der Waals surface area contributed by atoms with Crippen LogP contribution in [0.1, 0.15) is 49.3 Å².